The van der Waals surface area contributed by atoms with Crippen molar-refractivity contribution in [2.24, 2.45) is 5.92 Å². The molecule has 0 saturated heterocycles. The van der Waals surface area contributed by atoms with E-state index in [0.717, 1.165) is 4.68 Å². The van der Waals surface area contributed by atoms with Crippen LogP contribution in [0.4, 0.5) is 19.0 Å². The second kappa shape index (κ2) is 7.16. The molecule has 1 aromatic carbocycles. The summed E-state index contributed by atoms with van der Waals surface area (Å²) in [5, 5.41) is 9.69. The highest BCUT2D eigenvalue weighted by molar-refractivity contribution is 5.93. The molecule has 2 aliphatic rings. The number of carbonyl (C=O) groups excluding carboxylic acids is 1. The van der Waals surface area contributed by atoms with Crippen molar-refractivity contribution in [3.05, 3.63) is 35.5 Å². The SMILES string of the molecule is CC(C)CNC(=O)c1cc2n(n1)[C@@H](C(F)(F)F)C[C@H](c1ccc3c(c1)OCO3)N2. The van der Waals surface area contributed by atoms with Crippen molar-refractivity contribution in [2.45, 2.75) is 38.5 Å². The summed E-state index contributed by atoms with van der Waals surface area (Å²) in [6.45, 7) is 4.35. The zero-order chi connectivity index (χ0) is 20.8. The highest BCUT2D eigenvalue weighted by atomic mass is 19.4. The van der Waals surface area contributed by atoms with Crippen molar-refractivity contribution in [1.29, 1.82) is 0 Å². The molecule has 156 valence electrons. The second-order valence-electron chi connectivity index (χ2n) is 7.57. The van der Waals surface area contributed by atoms with E-state index < -0.39 is 24.2 Å². The Balaban J connectivity index is 1.63. The minimum Gasteiger partial charge on any atom is -0.454 e. The third kappa shape index (κ3) is 3.83. The van der Waals surface area contributed by atoms with E-state index in [1.165, 1.54) is 6.07 Å². The standard InChI is InChI=1S/C19H21F3N4O3/c1-10(2)8-23-18(27)13-7-17-24-12(6-16(19(20,21)22)26(17)25-13)11-3-4-14-15(5-11)29-9-28-14/h3-5,7,10,12,16,24H,6,8-9H2,1-2H3,(H,23,27)/t12-,16-/m1/s1. The molecule has 2 atom stereocenters. The van der Waals surface area contributed by atoms with Crippen molar-refractivity contribution in [3.8, 4) is 11.5 Å². The lowest BCUT2D eigenvalue weighted by Crippen LogP contribution is -2.36. The first-order valence-corrected chi connectivity index (χ1v) is 9.33. The number of alkyl halides is 3. The Morgan fingerprint density at radius 2 is 2.07 bits per heavy atom. The number of fused-ring (bicyclic) bond motifs is 2. The molecule has 2 aliphatic heterocycles. The van der Waals surface area contributed by atoms with Crippen LogP contribution in [0, 0.1) is 5.92 Å². The van der Waals surface area contributed by atoms with Gasteiger partial charge < -0.3 is 20.1 Å². The van der Waals surface area contributed by atoms with Gasteiger partial charge in [0.2, 0.25) is 6.79 Å². The molecule has 4 rings (SSSR count). The van der Waals surface area contributed by atoms with Gasteiger partial charge in [0.05, 0.1) is 6.04 Å². The van der Waals surface area contributed by atoms with E-state index in [9.17, 15) is 18.0 Å². The molecule has 0 unspecified atom stereocenters. The topological polar surface area (TPSA) is 77.4 Å². The fourth-order valence-electron chi connectivity index (χ4n) is 3.42. The normalized spacial score (nSPS) is 20.3. The van der Waals surface area contributed by atoms with Crippen LogP contribution in [0.5, 0.6) is 11.5 Å². The van der Waals surface area contributed by atoms with Gasteiger partial charge in [-0.1, -0.05) is 19.9 Å². The van der Waals surface area contributed by atoms with E-state index >= 15 is 0 Å². The largest absolute Gasteiger partial charge is 0.454 e. The van der Waals surface area contributed by atoms with Crippen molar-refractivity contribution in [1.82, 2.24) is 15.1 Å². The Hall–Kier alpha value is -2.91. The summed E-state index contributed by atoms with van der Waals surface area (Å²) < 4.78 is 52.7. The number of aromatic nitrogens is 2. The van der Waals surface area contributed by atoms with Gasteiger partial charge in [0.1, 0.15) is 5.82 Å². The van der Waals surface area contributed by atoms with Crippen LogP contribution < -0.4 is 20.1 Å². The molecule has 0 saturated carbocycles. The van der Waals surface area contributed by atoms with Crippen LogP contribution in [-0.2, 0) is 0 Å². The van der Waals surface area contributed by atoms with Crippen LogP contribution in [0.1, 0.15) is 48.4 Å². The Bertz CT molecular complexity index is 926. The molecule has 7 nitrogen and oxygen atoms in total. The summed E-state index contributed by atoms with van der Waals surface area (Å²) in [7, 11) is 0. The molecule has 1 aromatic heterocycles. The molecule has 0 radical (unpaired) electrons. The van der Waals surface area contributed by atoms with Gasteiger partial charge in [-0.15, -0.1) is 0 Å². The van der Waals surface area contributed by atoms with Gasteiger partial charge in [0.25, 0.3) is 5.91 Å². The van der Waals surface area contributed by atoms with E-state index in [4.69, 9.17) is 9.47 Å². The van der Waals surface area contributed by atoms with Gasteiger partial charge in [-0.2, -0.15) is 18.3 Å². The number of anilines is 1. The van der Waals surface area contributed by atoms with Gasteiger partial charge in [-0.25, -0.2) is 4.68 Å². The molecule has 29 heavy (non-hydrogen) atoms. The third-order valence-electron chi connectivity index (χ3n) is 4.89. The van der Waals surface area contributed by atoms with Crippen molar-refractivity contribution in [3.63, 3.8) is 0 Å². The van der Waals surface area contributed by atoms with E-state index in [1.54, 1.807) is 18.2 Å². The smallest absolute Gasteiger partial charge is 0.410 e. The summed E-state index contributed by atoms with van der Waals surface area (Å²) >= 11 is 0. The Labute approximate surface area is 165 Å². The van der Waals surface area contributed by atoms with Gasteiger partial charge in [0, 0.05) is 19.0 Å². The minimum absolute atomic E-state index is 0.0475. The summed E-state index contributed by atoms with van der Waals surface area (Å²) in [6.07, 6.45) is -4.77. The lowest BCUT2D eigenvalue weighted by atomic mass is 9.96. The predicted octanol–water partition coefficient (Wildman–Crippen LogP) is 3.66. The van der Waals surface area contributed by atoms with E-state index in [-0.39, 0.29) is 30.6 Å². The highest BCUT2D eigenvalue weighted by Crippen LogP contribution is 2.45. The van der Waals surface area contributed by atoms with Gasteiger partial charge >= 0.3 is 6.18 Å². The lowest BCUT2D eigenvalue weighted by molar-refractivity contribution is -0.173. The minimum atomic E-state index is -4.51. The average molecular weight is 410 g/mol. The first-order chi connectivity index (χ1) is 13.7. The molecule has 2 N–H and O–H groups in total. The zero-order valence-corrected chi connectivity index (χ0v) is 15.9. The van der Waals surface area contributed by atoms with Crippen molar-refractivity contribution >= 4 is 11.7 Å². The average Bonchev–Trinajstić information content (AvgIpc) is 3.30. The van der Waals surface area contributed by atoms with Gasteiger partial charge in [0.15, 0.2) is 23.2 Å². The van der Waals surface area contributed by atoms with Gasteiger partial charge in [-0.05, 0) is 23.6 Å². The maximum Gasteiger partial charge on any atom is 0.410 e. The Morgan fingerprint density at radius 3 is 2.79 bits per heavy atom. The number of ether oxygens (including phenoxy) is 2. The molecule has 0 spiro atoms. The van der Waals surface area contributed by atoms with Crippen molar-refractivity contribution in [2.75, 3.05) is 18.7 Å². The molecular formula is C19H21F3N4O3. The van der Waals surface area contributed by atoms with E-state index in [0.29, 0.717) is 23.6 Å². The second-order valence-corrected chi connectivity index (χ2v) is 7.57. The maximum absolute atomic E-state index is 13.8. The number of nitrogens with zero attached hydrogens (tertiary/aromatic N) is 2. The van der Waals surface area contributed by atoms with Crippen LogP contribution in [0.25, 0.3) is 0 Å². The molecule has 0 bridgehead atoms. The Kier molecular flexibility index (Phi) is 4.79. The molecule has 0 fully saturated rings. The number of rotatable bonds is 4. The molecular weight excluding hydrogens is 389 g/mol. The maximum atomic E-state index is 13.8. The van der Waals surface area contributed by atoms with Crippen LogP contribution in [0.3, 0.4) is 0 Å². The number of nitrogens with one attached hydrogen (secondary N) is 2. The summed E-state index contributed by atoms with van der Waals surface area (Å²) in [5.74, 6) is 0.929. The number of benzene rings is 1. The summed E-state index contributed by atoms with van der Waals surface area (Å²) in [4.78, 5) is 12.3. The van der Waals surface area contributed by atoms with Crippen molar-refractivity contribution < 1.29 is 27.4 Å². The fourth-order valence-corrected chi connectivity index (χ4v) is 3.42. The molecule has 10 heteroatoms. The number of amides is 1. The van der Waals surface area contributed by atoms with Crippen LogP contribution in [-0.4, -0.2) is 35.2 Å². The lowest BCUT2D eigenvalue weighted by Gasteiger charge is -2.33. The summed E-state index contributed by atoms with van der Waals surface area (Å²) in [5.41, 5.74) is 0.593. The first kappa shape index (κ1) is 19.4. The van der Waals surface area contributed by atoms with E-state index in [2.05, 4.69) is 15.7 Å². The fraction of sp³-hybridized carbons (Fsp3) is 0.474. The Morgan fingerprint density at radius 1 is 1.31 bits per heavy atom. The quantitative estimate of drug-likeness (QED) is 0.805. The molecule has 3 heterocycles. The first-order valence-electron chi connectivity index (χ1n) is 9.33. The molecule has 0 aliphatic carbocycles. The number of hydrogen-bond acceptors (Lipinski definition) is 5. The predicted molar refractivity (Wildman–Crippen MR) is 98.0 cm³/mol. The monoisotopic (exact) mass is 410 g/mol. The zero-order valence-electron chi connectivity index (χ0n) is 15.9. The number of hydrogen-bond donors (Lipinski definition) is 2. The number of halogens is 3. The molecule has 1 amide bonds. The van der Waals surface area contributed by atoms with Crippen LogP contribution in [0.2, 0.25) is 0 Å². The van der Waals surface area contributed by atoms with E-state index in [1.807, 2.05) is 13.8 Å². The van der Waals surface area contributed by atoms with Crippen LogP contribution >= 0.6 is 0 Å². The highest BCUT2D eigenvalue weighted by Gasteiger charge is 2.47. The summed E-state index contributed by atoms with van der Waals surface area (Å²) in [6, 6.07) is 3.95. The van der Waals surface area contributed by atoms with Gasteiger partial charge in [-0.3, -0.25) is 4.79 Å². The number of carbonyl (C=O) groups is 1. The van der Waals surface area contributed by atoms with Crippen LogP contribution in [0.15, 0.2) is 24.3 Å². The third-order valence-corrected chi connectivity index (χ3v) is 4.89. The molecule has 2 aromatic rings.